The lowest BCUT2D eigenvalue weighted by molar-refractivity contribution is -0.127. The van der Waals surface area contributed by atoms with Crippen LogP contribution in [0.3, 0.4) is 0 Å². The standard InChI is InChI=1S/C17H21N3O4S/c1-4-19(5-2)12-7-6-11(13(9-12)24-3)8-14-16(22)20(10-15(18)21)17(23)25-14/h6-9H,4-5,10H2,1-3H3,(H2,18,21)/b14-8-. The molecular weight excluding hydrogens is 342 g/mol. The number of thioether (sulfide) groups is 1. The number of hydrogen-bond donors (Lipinski definition) is 1. The number of nitrogens with zero attached hydrogens (tertiary/aromatic N) is 2. The summed E-state index contributed by atoms with van der Waals surface area (Å²) in [7, 11) is 1.55. The van der Waals surface area contributed by atoms with Crippen LogP contribution in [0.2, 0.25) is 0 Å². The van der Waals surface area contributed by atoms with Crippen LogP contribution in [0.15, 0.2) is 23.1 Å². The first-order chi connectivity index (χ1) is 11.9. The molecule has 0 atom stereocenters. The third-order valence-electron chi connectivity index (χ3n) is 3.82. The van der Waals surface area contributed by atoms with Crippen molar-refractivity contribution in [2.75, 3.05) is 31.6 Å². The molecule has 2 rings (SSSR count). The van der Waals surface area contributed by atoms with Crippen molar-refractivity contribution in [3.8, 4) is 5.75 Å². The van der Waals surface area contributed by atoms with Crippen molar-refractivity contribution in [2.45, 2.75) is 13.8 Å². The SMILES string of the molecule is CCN(CC)c1ccc(/C=C2\SC(=O)N(CC(N)=O)C2=O)c(OC)c1. The topological polar surface area (TPSA) is 92.9 Å². The van der Waals surface area contributed by atoms with E-state index in [1.54, 1.807) is 13.2 Å². The first kappa shape index (κ1) is 18.9. The molecule has 0 radical (unpaired) electrons. The maximum absolute atomic E-state index is 12.3. The fourth-order valence-corrected chi connectivity index (χ4v) is 3.37. The van der Waals surface area contributed by atoms with Gasteiger partial charge in [-0.05, 0) is 43.8 Å². The average Bonchev–Trinajstić information content (AvgIpc) is 2.84. The van der Waals surface area contributed by atoms with Crippen LogP contribution in [-0.2, 0) is 9.59 Å². The molecule has 1 aromatic rings. The second kappa shape index (κ2) is 8.06. The Labute approximate surface area is 150 Å². The summed E-state index contributed by atoms with van der Waals surface area (Å²) < 4.78 is 5.42. The summed E-state index contributed by atoms with van der Waals surface area (Å²) in [4.78, 5) is 38.4. The Hall–Kier alpha value is -2.48. The first-order valence-corrected chi connectivity index (χ1v) is 8.69. The van der Waals surface area contributed by atoms with Gasteiger partial charge < -0.3 is 15.4 Å². The van der Waals surface area contributed by atoms with Gasteiger partial charge in [0.1, 0.15) is 12.3 Å². The van der Waals surface area contributed by atoms with Crippen molar-refractivity contribution < 1.29 is 19.1 Å². The predicted octanol–water partition coefficient (Wildman–Crippen LogP) is 2.06. The van der Waals surface area contributed by atoms with Crippen LogP contribution in [0.25, 0.3) is 6.08 Å². The molecule has 0 bridgehead atoms. The molecule has 1 aliphatic rings. The van der Waals surface area contributed by atoms with Crippen LogP contribution in [0.4, 0.5) is 10.5 Å². The van der Waals surface area contributed by atoms with Gasteiger partial charge in [0.05, 0.1) is 12.0 Å². The van der Waals surface area contributed by atoms with Gasteiger partial charge in [-0.15, -0.1) is 0 Å². The van der Waals surface area contributed by atoms with E-state index in [2.05, 4.69) is 18.7 Å². The molecular formula is C17H21N3O4S. The molecule has 1 aromatic carbocycles. The average molecular weight is 363 g/mol. The fraction of sp³-hybridized carbons (Fsp3) is 0.353. The maximum atomic E-state index is 12.3. The summed E-state index contributed by atoms with van der Waals surface area (Å²) in [5, 5.41) is -0.506. The van der Waals surface area contributed by atoms with Gasteiger partial charge in [-0.2, -0.15) is 0 Å². The molecule has 1 aliphatic heterocycles. The van der Waals surface area contributed by atoms with Crippen LogP contribution in [0, 0.1) is 0 Å². The molecule has 3 amide bonds. The highest BCUT2D eigenvalue weighted by molar-refractivity contribution is 8.18. The Morgan fingerprint density at radius 2 is 2.00 bits per heavy atom. The van der Waals surface area contributed by atoms with Crippen molar-refractivity contribution in [3.05, 3.63) is 28.7 Å². The van der Waals surface area contributed by atoms with Crippen molar-refractivity contribution >= 4 is 40.6 Å². The van der Waals surface area contributed by atoms with Gasteiger partial charge in [-0.3, -0.25) is 19.3 Å². The number of rotatable bonds is 7. The van der Waals surface area contributed by atoms with Gasteiger partial charge in [-0.25, -0.2) is 0 Å². The number of nitrogens with two attached hydrogens (primary N) is 1. The minimum absolute atomic E-state index is 0.236. The fourth-order valence-electron chi connectivity index (χ4n) is 2.54. The van der Waals surface area contributed by atoms with Gasteiger partial charge in [0.2, 0.25) is 5.91 Å². The molecule has 0 aromatic heterocycles. The summed E-state index contributed by atoms with van der Waals surface area (Å²) >= 11 is 0.782. The molecule has 0 aliphatic carbocycles. The second-order valence-corrected chi connectivity index (χ2v) is 6.33. The number of methoxy groups -OCH3 is 1. The minimum Gasteiger partial charge on any atom is -0.496 e. The predicted molar refractivity (Wildman–Crippen MR) is 98.4 cm³/mol. The van der Waals surface area contributed by atoms with Gasteiger partial charge >= 0.3 is 0 Å². The largest absolute Gasteiger partial charge is 0.496 e. The van der Waals surface area contributed by atoms with Gasteiger partial charge in [0, 0.05) is 30.4 Å². The molecule has 25 heavy (non-hydrogen) atoms. The number of primary amides is 1. The quantitative estimate of drug-likeness (QED) is 0.746. The van der Waals surface area contributed by atoms with Crippen LogP contribution in [-0.4, -0.2) is 48.7 Å². The molecule has 1 fully saturated rings. The normalized spacial score (nSPS) is 15.8. The molecule has 1 heterocycles. The molecule has 0 unspecified atom stereocenters. The van der Waals surface area contributed by atoms with E-state index in [1.165, 1.54) is 0 Å². The monoisotopic (exact) mass is 363 g/mol. The van der Waals surface area contributed by atoms with Crippen LogP contribution in [0.5, 0.6) is 5.75 Å². The molecule has 2 N–H and O–H groups in total. The van der Waals surface area contributed by atoms with Crippen molar-refractivity contribution in [2.24, 2.45) is 5.73 Å². The zero-order valence-electron chi connectivity index (χ0n) is 14.4. The molecule has 0 saturated carbocycles. The number of imide groups is 1. The maximum Gasteiger partial charge on any atom is 0.294 e. The number of carbonyl (C=O) groups excluding carboxylic acids is 3. The lowest BCUT2D eigenvalue weighted by Gasteiger charge is -2.22. The van der Waals surface area contributed by atoms with E-state index in [1.807, 2.05) is 18.2 Å². The van der Waals surface area contributed by atoms with Gasteiger partial charge in [0.25, 0.3) is 11.1 Å². The molecule has 134 valence electrons. The van der Waals surface area contributed by atoms with Crippen molar-refractivity contribution in [1.29, 1.82) is 0 Å². The number of hydrogen-bond acceptors (Lipinski definition) is 6. The number of anilines is 1. The zero-order chi connectivity index (χ0) is 18.6. The summed E-state index contributed by atoms with van der Waals surface area (Å²) in [6.45, 7) is 5.45. The minimum atomic E-state index is -0.732. The van der Waals surface area contributed by atoms with E-state index >= 15 is 0 Å². The third-order valence-corrected chi connectivity index (χ3v) is 4.73. The van der Waals surface area contributed by atoms with Crippen LogP contribution in [0.1, 0.15) is 19.4 Å². The van der Waals surface area contributed by atoms with Crippen LogP contribution < -0.4 is 15.4 Å². The van der Waals surface area contributed by atoms with E-state index in [-0.39, 0.29) is 4.91 Å². The van der Waals surface area contributed by atoms with Gasteiger partial charge in [0.15, 0.2) is 0 Å². The highest BCUT2D eigenvalue weighted by Gasteiger charge is 2.36. The van der Waals surface area contributed by atoms with E-state index in [4.69, 9.17) is 10.5 Å². The first-order valence-electron chi connectivity index (χ1n) is 7.87. The summed E-state index contributed by atoms with van der Waals surface area (Å²) in [6, 6.07) is 5.68. The lowest BCUT2D eigenvalue weighted by atomic mass is 10.1. The summed E-state index contributed by atoms with van der Waals surface area (Å²) in [6.07, 6.45) is 1.59. The van der Waals surface area contributed by atoms with E-state index in [0.717, 1.165) is 35.4 Å². The molecule has 8 heteroatoms. The third kappa shape index (κ3) is 4.14. The second-order valence-electron chi connectivity index (χ2n) is 5.33. The van der Waals surface area contributed by atoms with Crippen molar-refractivity contribution in [3.63, 3.8) is 0 Å². The van der Waals surface area contributed by atoms with E-state index in [0.29, 0.717) is 11.3 Å². The number of carbonyl (C=O) groups is 3. The zero-order valence-corrected chi connectivity index (χ0v) is 15.3. The van der Waals surface area contributed by atoms with E-state index in [9.17, 15) is 14.4 Å². The Bertz CT molecular complexity index is 729. The Kier molecular flexibility index (Phi) is 6.08. The molecule has 0 spiro atoms. The summed E-state index contributed by atoms with van der Waals surface area (Å²) in [5.74, 6) is -0.653. The highest BCUT2D eigenvalue weighted by atomic mass is 32.2. The van der Waals surface area contributed by atoms with Crippen molar-refractivity contribution in [1.82, 2.24) is 4.90 Å². The van der Waals surface area contributed by atoms with Crippen LogP contribution >= 0.6 is 11.8 Å². The highest BCUT2D eigenvalue weighted by Crippen LogP contribution is 2.35. The molecule has 1 saturated heterocycles. The smallest absolute Gasteiger partial charge is 0.294 e. The van der Waals surface area contributed by atoms with E-state index < -0.39 is 23.6 Å². The summed E-state index contributed by atoms with van der Waals surface area (Å²) in [5.41, 5.74) is 6.77. The Morgan fingerprint density at radius 3 is 2.56 bits per heavy atom. The molecule has 7 nitrogen and oxygen atoms in total. The lowest BCUT2D eigenvalue weighted by Crippen LogP contribution is -2.36. The van der Waals surface area contributed by atoms with Gasteiger partial charge in [-0.1, -0.05) is 0 Å². The number of ether oxygens (including phenoxy) is 1. The Morgan fingerprint density at radius 1 is 1.32 bits per heavy atom. The number of amides is 3. The Balaban J connectivity index is 2.33. The number of benzene rings is 1.